The summed E-state index contributed by atoms with van der Waals surface area (Å²) in [7, 11) is -2.71. The first-order chi connectivity index (χ1) is 10.8. The number of nitrogens with one attached hydrogen (secondary N) is 2. The van der Waals surface area contributed by atoms with E-state index in [4.69, 9.17) is 4.74 Å². The van der Waals surface area contributed by atoms with E-state index in [0.717, 1.165) is 10.6 Å². The molecule has 1 unspecified atom stereocenters. The minimum Gasteiger partial charge on any atom is -0.464 e. The van der Waals surface area contributed by atoms with E-state index in [2.05, 4.69) is 9.71 Å². The van der Waals surface area contributed by atoms with Crippen LogP contribution in [-0.4, -0.2) is 36.6 Å². The van der Waals surface area contributed by atoms with Gasteiger partial charge in [-0.3, -0.25) is 14.2 Å². The van der Waals surface area contributed by atoms with Crippen molar-refractivity contribution in [1.82, 2.24) is 14.3 Å². The maximum atomic E-state index is 12.3. The molecule has 0 saturated carbocycles. The van der Waals surface area contributed by atoms with Gasteiger partial charge in [0.1, 0.15) is 6.04 Å². The number of nitrogens with zero attached hydrogens (tertiary/aromatic N) is 1. The molecule has 1 saturated heterocycles. The van der Waals surface area contributed by atoms with Crippen molar-refractivity contribution in [2.75, 3.05) is 6.61 Å². The molecule has 122 valence electrons. The Hall–Kier alpha value is -2.46. The number of hydrogen-bond acceptors (Lipinski definition) is 6. The van der Waals surface area contributed by atoms with Crippen LogP contribution in [0.15, 0.2) is 32.7 Å². The average Bonchev–Trinajstić information content (AvgIpc) is 2.89. The number of rotatable bonds is 3. The Balaban J connectivity index is 2.08. The molecule has 1 fully saturated rings. The Kier molecular flexibility index (Phi) is 3.57. The quantitative estimate of drug-likeness (QED) is 0.678. The van der Waals surface area contributed by atoms with Gasteiger partial charge < -0.3 is 9.72 Å². The second kappa shape index (κ2) is 5.32. The van der Waals surface area contributed by atoms with Crippen LogP contribution in [0.2, 0.25) is 0 Å². The van der Waals surface area contributed by atoms with E-state index < -0.39 is 33.3 Å². The fourth-order valence-corrected chi connectivity index (χ4v) is 3.55. The number of sulfonamides is 1. The molecule has 2 heterocycles. The maximum Gasteiger partial charge on any atom is 0.328 e. The van der Waals surface area contributed by atoms with E-state index in [0.29, 0.717) is 0 Å². The van der Waals surface area contributed by atoms with Crippen LogP contribution in [-0.2, 0) is 26.6 Å². The maximum absolute atomic E-state index is 12.3. The summed E-state index contributed by atoms with van der Waals surface area (Å²) in [4.78, 5) is 37.3. The fourth-order valence-electron chi connectivity index (χ4n) is 2.31. The number of H-pyrrole nitrogens is 1. The van der Waals surface area contributed by atoms with Crippen LogP contribution in [0.1, 0.15) is 6.42 Å². The molecule has 0 bridgehead atoms. The van der Waals surface area contributed by atoms with Crippen LogP contribution in [0.5, 0.6) is 0 Å². The number of aromatic nitrogens is 2. The number of hydrogen-bond donors (Lipinski definition) is 2. The minimum absolute atomic E-state index is 0.0592. The van der Waals surface area contributed by atoms with Gasteiger partial charge in [0.15, 0.2) is 0 Å². The van der Waals surface area contributed by atoms with Crippen molar-refractivity contribution < 1.29 is 17.9 Å². The molecule has 10 heteroatoms. The molecule has 9 nitrogen and oxygen atoms in total. The number of esters is 1. The van der Waals surface area contributed by atoms with Crippen LogP contribution in [0.3, 0.4) is 0 Å². The van der Waals surface area contributed by atoms with Crippen LogP contribution >= 0.6 is 0 Å². The van der Waals surface area contributed by atoms with E-state index in [1.54, 1.807) is 0 Å². The van der Waals surface area contributed by atoms with Crippen molar-refractivity contribution in [2.45, 2.75) is 17.4 Å². The van der Waals surface area contributed by atoms with Gasteiger partial charge in [0, 0.05) is 13.5 Å². The summed E-state index contributed by atoms with van der Waals surface area (Å²) in [6.45, 7) is 0.158. The Morgan fingerprint density at radius 1 is 1.30 bits per heavy atom. The minimum atomic E-state index is -4.00. The number of carbonyl (C=O) groups excluding carboxylic acids is 1. The van der Waals surface area contributed by atoms with E-state index in [1.807, 2.05) is 0 Å². The topological polar surface area (TPSA) is 127 Å². The molecule has 2 aromatic rings. The van der Waals surface area contributed by atoms with Crippen molar-refractivity contribution >= 4 is 26.9 Å². The number of cyclic esters (lactones) is 1. The predicted molar refractivity (Wildman–Crippen MR) is 79.5 cm³/mol. The first-order valence-electron chi connectivity index (χ1n) is 6.71. The zero-order valence-electron chi connectivity index (χ0n) is 12.0. The monoisotopic (exact) mass is 339 g/mol. The summed E-state index contributed by atoms with van der Waals surface area (Å²) in [5.74, 6) is -0.630. The van der Waals surface area contributed by atoms with Gasteiger partial charge in [0.25, 0.3) is 5.56 Å². The Bertz CT molecular complexity index is 1020. The molecule has 1 aliphatic heterocycles. The summed E-state index contributed by atoms with van der Waals surface area (Å²) in [6, 6.07) is 2.81. The van der Waals surface area contributed by atoms with Crippen molar-refractivity contribution in [3.63, 3.8) is 0 Å². The van der Waals surface area contributed by atoms with Gasteiger partial charge in [-0.15, -0.1) is 0 Å². The highest BCUT2D eigenvalue weighted by Gasteiger charge is 2.31. The average molecular weight is 339 g/mol. The molecular weight excluding hydrogens is 326 g/mol. The number of aromatic amines is 1. The third-order valence-corrected chi connectivity index (χ3v) is 5.08. The summed E-state index contributed by atoms with van der Waals surface area (Å²) >= 11 is 0. The predicted octanol–water partition coefficient (Wildman–Crippen LogP) is -1.18. The summed E-state index contributed by atoms with van der Waals surface area (Å²) in [6.07, 6.45) is 0.251. The third kappa shape index (κ3) is 2.66. The molecule has 1 aliphatic rings. The van der Waals surface area contributed by atoms with Gasteiger partial charge in [-0.1, -0.05) is 0 Å². The van der Waals surface area contributed by atoms with E-state index >= 15 is 0 Å². The van der Waals surface area contributed by atoms with E-state index in [-0.39, 0.29) is 28.8 Å². The van der Waals surface area contributed by atoms with Crippen molar-refractivity contribution in [1.29, 1.82) is 0 Å². The van der Waals surface area contributed by atoms with Crippen molar-refractivity contribution in [3.8, 4) is 0 Å². The smallest absolute Gasteiger partial charge is 0.328 e. The van der Waals surface area contributed by atoms with Crippen LogP contribution in [0, 0.1) is 0 Å². The zero-order valence-corrected chi connectivity index (χ0v) is 12.8. The van der Waals surface area contributed by atoms with Gasteiger partial charge in [0.2, 0.25) is 10.0 Å². The lowest BCUT2D eigenvalue weighted by Crippen LogP contribution is -2.38. The van der Waals surface area contributed by atoms with Crippen molar-refractivity contribution in [2.24, 2.45) is 7.05 Å². The fraction of sp³-hybridized carbons (Fsp3) is 0.308. The molecule has 1 aromatic carbocycles. The third-order valence-electron chi connectivity index (χ3n) is 3.62. The molecule has 0 amide bonds. The first kappa shape index (κ1) is 15.4. The number of benzene rings is 1. The summed E-state index contributed by atoms with van der Waals surface area (Å²) in [5.41, 5.74) is -0.969. The number of carbonyl (C=O) groups is 1. The highest BCUT2D eigenvalue weighted by Crippen LogP contribution is 2.16. The largest absolute Gasteiger partial charge is 0.464 e. The van der Waals surface area contributed by atoms with Gasteiger partial charge in [0.05, 0.1) is 22.4 Å². The second-order valence-corrected chi connectivity index (χ2v) is 6.85. The molecule has 0 spiro atoms. The Morgan fingerprint density at radius 2 is 2.04 bits per heavy atom. The molecular formula is C13H13N3O6S. The SMILES string of the molecule is Cn1c(=O)[nH]c2ccc(S(=O)(=O)NC3CCOC3=O)cc2c1=O. The molecule has 3 rings (SSSR count). The van der Waals surface area contributed by atoms with Gasteiger partial charge >= 0.3 is 11.7 Å². The Morgan fingerprint density at radius 3 is 2.70 bits per heavy atom. The van der Waals surface area contributed by atoms with Crippen LogP contribution in [0.25, 0.3) is 10.9 Å². The van der Waals surface area contributed by atoms with Gasteiger partial charge in [-0.25, -0.2) is 13.2 Å². The lowest BCUT2D eigenvalue weighted by Gasteiger charge is -2.10. The first-order valence-corrected chi connectivity index (χ1v) is 8.20. The van der Waals surface area contributed by atoms with Crippen LogP contribution < -0.4 is 16.0 Å². The van der Waals surface area contributed by atoms with Crippen molar-refractivity contribution in [3.05, 3.63) is 39.0 Å². The molecule has 23 heavy (non-hydrogen) atoms. The van der Waals surface area contributed by atoms with Crippen LogP contribution in [0.4, 0.5) is 0 Å². The van der Waals surface area contributed by atoms with E-state index in [1.165, 1.54) is 19.2 Å². The molecule has 0 radical (unpaired) electrons. The summed E-state index contributed by atoms with van der Waals surface area (Å²) < 4.78 is 32.5. The van der Waals surface area contributed by atoms with Gasteiger partial charge in [-0.2, -0.15) is 4.72 Å². The molecule has 1 atom stereocenters. The highest BCUT2D eigenvalue weighted by atomic mass is 32.2. The Labute approximate surface area is 129 Å². The lowest BCUT2D eigenvalue weighted by molar-refractivity contribution is -0.139. The number of ether oxygens (including phenoxy) is 1. The van der Waals surface area contributed by atoms with E-state index in [9.17, 15) is 22.8 Å². The zero-order chi connectivity index (χ0) is 16.8. The molecule has 0 aliphatic carbocycles. The normalized spacial score (nSPS) is 18.3. The highest BCUT2D eigenvalue weighted by molar-refractivity contribution is 7.89. The number of fused-ring (bicyclic) bond motifs is 1. The second-order valence-electron chi connectivity index (χ2n) is 5.13. The standard InChI is InChI=1S/C13H13N3O6S/c1-16-11(17)8-6-7(2-3-9(8)14-13(16)19)23(20,21)15-10-4-5-22-12(10)18/h2-3,6,10,15H,4-5H2,1H3,(H,14,19). The van der Waals surface area contributed by atoms with Gasteiger partial charge in [-0.05, 0) is 18.2 Å². The molecule has 1 aromatic heterocycles. The summed E-state index contributed by atoms with van der Waals surface area (Å²) in [5, 5.41) is 0.0592. The molecule has 2 N–H and O–H groups in total. The lowest BCUT2D eigenvalue weighted by atomic mass is 10.2.